The van der Waals surface area contributed by atoms with E-state index in [4.69, 9.17) is 16.3 Å². The Kier molecular flexibility index (Phi) is 10.6. The lowest BCUT2D eigenvalue weighted by Gasteiger charge is -2.18. The van der Waals surface area contributed by atoms with Crippen LogP contribution in [0, 0.1) is 0 Å². The summed E-state index contributed by atoms with van der Waals surface area (Å²) < 4.78 is 5.45. The quantitative estimate of drug-likeness (QED) is 0.573. The third-order valence-corrected chi connectivity index (χ3v) is 4.40. The average molecular weight is 387 g/mol. The van der Waals surface area contributed by atoms with Gasteiger partial charge in [0.25, 0.3) is 5.91 Å². The molecule has 0 bridgehead atoms. The Hall–Kier alpha value is -1.24. The van der Waals surface area contributed by atoms with Gasteiger partial charge in [-0.1, -0.05) is 23.7 Å². The van der Waals surface area contributed by atoms with Crippen LogP contribution in [0.1, 0.15) is 37.0 Å². The first-order valence-corrected chi connectivity index (χ1v) is 10.2. The standard InChI is InChI=1S/C18H27ClN2O3S/c1-13(2)24-11-6-10-20-18(23)16(9-12-25-3)21-17(22)14-7-4-5-8-15(14)19/h4-5,7-8,13,16H,6,9-12H2,1-3H3,(H,20,23)(H,21,22). The van der Waals surface area contributed by atoms with E-state index >= 15 is 0 Å². The first-order chi connectivity index (χ1) is 12.0. The number of carbonyl (C=O) groups excluding carboxylic acids is 2. The number of ether oxygens (including phenoxy) is 1. The van der Waals surface area contributed by atoms with Gasteiger partial charge in [-0.15, -0.1) is 0 Å². The van der Waals surface area contributed by atoms with E-state index in [1.54, 1.807) is 36.0 Å². The third-order valence-electron chi connectivity index (χ3n) is 3.42. The number of rotatable bonds is 11. The molecule has 1 aromatic rings. The van der Waals surface area contributed by atoms with Crippen LogP contribution in [0.3, 0.4) is 0 Å². The monoisotopic (exact) mass is 386 g/mol. The summed E-state index contributed by atoms with van der Waals surface area (Å²) in [6.07, 6.45) is 3.44. The molecule has 2 amide bonds. The van der Waals surface area contributed by atoms with Gasteiger partial charge >= 0.3 is 0 Å². The molecular weight excluding hydrogens is 360 g/mol. The van der Waals surface area contributed by atoms with Gasteiger partial charge in [0.1, 0.15) is 6.04 Å². The summed E-state index contributed by atoms with van der Waals surface area (Å²) in [6, 6.07) is 6.22. The number of nitrogens with one attached hydrogen (secondary N) is 2. The summed E-state index contributed by atoms with van der Waals surface area (Å²) >= 11 is 7.68. The maximum Gasteiger partial charge on any atom is 0.253 e. The van der Waals surface area contributed by atoms with E-state index in [1.807, 2.05) is 20.1 Å². The summed E-state index contributed by atoms with van der Waals surface area (Å²) in [5.74, 6) is 0.256. The maximum atomic E-state index is 12.4. The van der Waals surface area contributed by atoms with Crippen molar-refractivity contribution in [1.29, 1.82) is 0 Å². The molecular formula is C18H27ClN2O3S. The highest BCUT2D eigenvalue weighted by atomic mass is 35.5. The van der Waals surface area contributed by atoms with Crippen molar-refractivity contribution in [3.05, 3.63) is 34.9 Å². The molecule has 0 saturated carbocycles. The van der Waals surface area contributed by atoms with Gasteiger partial charge in [-0.25, -0.2) is 0 Å². The van der Waals surface area contributed by atoms with E-state index < -0.39 is 6.04 Å². The Morgan fingerprint density at radius 2 is 2.00 bits per heavy atom. The molecule has 25 heavy (non-hydrogen) atoms. The van der Waals surface area contributed by atoms with Gasteiger partial charge in [0.05, 0.1) is 16.7 Å². The summed E-state index contributed by atoms with van der Waals surface area (Å²) in [5, 5.41) is 6.02. The summed E-state index contributed by atoms with van der Waals surface area (Å²) in [5.41, 5.74) is 0.372. The van der Waals surface area contributed by atoms with Gasteiger partial charge in [0.2, 0.25) is 5.91 Å². The second-order valence-electron chi connectivity index (χ2n) is 5.85. The summed E-state index contributed by atoms with van der Waals surface area (Å²) in [7, 11) is 0. The van der Waals surface area contributed by atoms with E-state index in [9.17, 15) is 9.59 Å². The lowest BCUT2D eigenvalue weighted by molar-refractivity contribution is -0.123. The van der Waals surface area contributed by atoms with E-state index in [1.165, 1.54) is 0 Å². The minimum Gasteiger partial charge on any atom is -0.379 e. The zero-order chi connectivity index (χ0) is 18.7. The molecule has 1 rings (SSSR count). The van der Waals surface area contributed by atoms with Crippen LogP contribution < -0.4 is 10.6 Å². The second kappa shape index (κ2) is 12.2. The molecule has 0 radical (unpaired) electrons. The van der Waals surface area contributed by atoms with Crippen LogP contribution in [0.4, 0.5) is 0 Å². The molecule has 1 unspecified atom stereocenters. The van der Waals surface area contributed by atoms with E-state index in [0.29, 0.717) is 30.2 Å². The van der Waals surface area contributed by atoms with Gasteiger partial charge < -0.3 is 15.4 Å². The minimum absolute atomic E-state index is 0.180. The molecule has 0 saturated heterocycles. The Balaban J connectivity index is 2.56. The molecule has 0 heterocycles. The van der Waals surface area contributed by atoms with Crippen molar-refractivity contribution in [1.82, 2.24) is 10.6 Å². The molecule has 5 nitrogen and oxygen atoms in total. The van der Waals surface area contributed by atoms with Crippen LogP contribution >= 0.6 is 23.4 Å². The summed E-state index contributed by atoms with van der Waals surface area (Å²) in [4.78, 5) is 24.8. The van der Waals surface area contributed by atoms with Crippen LogP contribution in [0.15, 0.2) is 24.3 Å². The van der Waals surface area contributed by atoms with Gasteiger partial charge in [0, 0.05) is 13.2 Å². The van der Waals surface area contributed by atoms with Crippen LogP contribution in [0.5, 0.6) is 0 Å². The normalized spacial score (nSPS) is 12.0. The Labute approximate surface area is 159 Å². The predicted molar refractivity (Wildman–Crippen MR) is 104 cm³/mol. The first-order valence-electron chi connectivity index (χ1n) is 8.39. The van der Waals surface area contributed by atoms with Crippen molar-refractivity contribution in [3.63, 3.8) is 0 Å². The molecule has 1 atom stereocenters. The fourth-order valence-electron chi connectivity index (χ4n) is 2.11. The number of thioether (sulfide) groups is 1. The molecule has 0 aliphatic rings. The van der Waals surface area contributed by atoms with Crippen LogP contribution in [0.2, 0.25) is 5.02 Å². The molecule has 0 spiro atoms. The Morgan fingerprint density at radius 3 is 2.64 bits per heavy atom. The third kappa shape index (κ3) is 8.61. The van der Waals surface area contributed by atoms with Crippen molar-refractivity contribution in [2.45, 2.75) is 38.8 Å². The van der Waals surface area contributed by atoms with E-state index in [2.05, 4.69) is 10.6 Å². The van der Waals surface area contributed by atoms with Gasteiger partial charge in [-0.3, -0.25) is 9.59 Å². The molecule has 1 aromatic carbocycles. The Morgan fingerprint density at radius 1 is 1.28 bits per heavy atom. The van der Waals surface area contributed by atoms with Gasteiger partial charge in [-0.05, 0) is 50.8 Å². The highest BCUT2D eigenvalue weighted by Gasteiger charge is 2.21. The van der Waals surface area contributed by atoms with Crippen LogP contribution in [-0.4, -0.2) is 49.1 Å². The summed E-state index contributed by atoms with van der Waals surface area (Å²) in [6.45, 7) is 5.06. The highest BCUT2D eigenvalue weighted by Crippen LogP contribution is 2.15. The van der Waals surface area contributed by atoms with Crippen molar-refractivity contribution in [2.24, 2.45) is 0 Å². The lowest BCUT2D eigenvalue weighted by Crippen LogP contribution is -2.47. The minimum atomic E-state index is -0.581. The van der Waals surface area contributed by atoms with Crippen LogP contribution in [0.25, 0.3) is 0 Å². The van der Waals surface area contributed by atoms with Crippen molar-refractivity contribution in [3.8, 4) is 0 Å². The molecule has 2 N–H and O–H groups in total. The lowest BCUT2D eigenvalue weighted by atomic mass is 10.1. The maximum absolute atomic E-state index is 12.4. The molecule has 0 fully saturated rings. The molecule has 7 heteroatoms. The second-order valence-corrected chi connectivity index (χ2v) is 7.24. The van der Waals surface area contributed by atoms with E-state index in [0.717, 1.165) is 12.2 Å². The number of carbonyl (C=O) groups is 2. The molecule has 0 aliphatic heterocycles. The van der Waals surface area contributed by atoms with Gasteiger partial charge in [-0.2, -0.15) is 11.8 Å². The molecule has 0 aliphatic carbocycles. The smallest absolute Gasteiger partial charge is 0.253 e. The van der Waals surface area contributed by atoms with Crippen molar-refractivity contribution >= 4 is 35.2 Å². The van der Waals surface area contributed by atoms with Gasteiger partial charge in [0.15, 0.2) is 0 Å². The fourth-order valence-corrected chi connectivity index (χ4v) is 2.80. The highest BCUT2D eigenvalue weighted by molar-refractivity contribution is 7.98. The number of halogens is 1. The fraction of sp³-hybridized carbons (Fsp3) is 0.556. The van der Waals surface area contributed by atoms with E-state index in [-0.39, 0.29) is 17.9 Å². The topological polar surface area (TPSA) is 67.4 Å². The zero-order valence-corrected chi connectivity index (χ0v) is 16.6. The van der Waals surface area contributed by atoms with Crippen LogP contribution in [-0.2, 0) is 9.53 Å². The number of hydrogen-bond acceptors (Lipinski definition) is 4. The molecule has 140 valence electrons. The SMILES string of the molecule is CSCCC(NC(=O)c1ccccc1Cl)C(=O)NCCCOC(C)C. The molecule has 0 aromatic heterocycles. The number of amides is 2. The van der Waals surface area contributed by atoms with Crippen molar-refractivity contribution in [2.75, 3.05) is 25.2 Å². The Bertz CT molecular complexity index is 555. The average Bonchev–Trinajstić information content (AvgIpc) is 2.58. The predicted octanol–water partition coefficient (Wildman–Crippen LogP) is 3.12. The van der Waals surface area contributed by atoms with Crippen molar-refractivity contribution < 1.29 is 14.3 Å². The largest absolute Gasteiger partial charge is 0.379 e. The number of hydrogen-bond donors (Lipinski definition) is 2. The first kappa shape index (κ1) is 21.8. The number of benzene rings is 1. The zero-order valence-electron chi connectivity index (χ0n) is 15.0.